The largest absolute Gasteiger partial charge is 0.448 e. The zero-order valence-electron chi connectivity index (χ0n) is 14.8. The van der Waals surface area contributed by atoms with E-state index in [0.717, 1.165) is 23.5 Å². The summed E-state index contributed by atoms with van der Waals surface area (Å²) >= 11 is 0. The van der Waals surface area contributed by atoms with Gasteiger partial charge in [-0.1, -0.05) is 78.9 Å². The molecule has 0 saturated carbocycles. The van der Waals surface area contributed by atoms with Gasteiger partial charge in [-0.05, 0) is 22.9 Å². The highest BCUT2D eigenvalue weighted by molar-refractivity contribution is 5.89. The molecule has 0 amide bonds. The van der Waals surface area contributed by atoms with E-state index in [0.29, 0.717) is 0 Å². The van der Waals surface area contributed by atoms with Gasteiger partial charge in [0.25, 0.3) is 5.79 Å². The van der Waals surface area contributed by atoms with Crippen molar-refractivity contribution in [2.45, 2.75) is 18.1 Å². The number of benzene rings is 4. The standard InChI is InChI=1S/C25H18O2/c1-2-9-18(10-3-1)25-16-21(20-12-6-7-13-22(20)26-25)24-19-11-5-4-8-17(19)14-15-23(24)27-25/h1-15,21H,16H2/t21-,25-/m0/s1. The van der Waals surface area contributed by atoms with Crippen LogP contribution in [0.5, 0.6) is 11.5 Å². The number of ether oxygens (including phenoxy) is 2. The lowest BCUT2D eigenvalue weighted by atomic mass is 9.77. The quantitative estimate of drug-likeness (QED) is 0.419. The first-order valence-corrected chi connectivity index (χ1v) is 9.38. The molecule has 2 aliphatic heterocycles. The molecule has 2 atom stereocenters. The molecule has 0 aromatic heterocycles. The molecule has 2 bridgehead atoms. The van der Waals surface area contributed by atoms with Crippen molar-refractivity contribution in [2.24, 2.45) is 0 Å². The lowest BCUT2D eigenvalue weighted by Gasteiger charge is -2.46. The third-order valence-electron chi connectivity index (χ3n) is 5.81. The van der Waals surface area contributed by atoms with E-state index in [1.165, 1.54) is 21.9 Å². The smallest absolute Gasteiger partial charge is 0.278 e. The summed E-state index contributed by atoms with van der Waals surface area (Å²) in [6, 6.07) is 31.5. The van der Waals surface area contributed by atoms with Crippen molar-refractivity contribution in [3.05, 3.63) is 108 Å². The molecule has 2 heteroatoms. The molecule has 0 aliphatic carbocycles. The van der Waals surface area contributed by atoms with Crippen molar-refractivity contribution in [1.29, 1.82) is 0 Å². The van der Waals surface area contributed by atoms with Crippen LogP contribution in [0.4, 0.5) is 0 Å². The fraction of sp³-hybridized carbons (Fsp3) is 0.120. The molecule has 4 aromatic rings. The number of hydrogen-bond acceptors (Lipinski definition) is 2. The summed E-state index contributed by atoms with van der Waals surface area (Å²) in [5.74, 6) is 1.29. The monoisotopic (exact) mass is 350 g/mol. The first-order valence-electron chi connectivity index (χ1n) is 9.38. The highest BCUT2D eigenvalue weighted by atomic mass is 16.7. The van der Waals surface area contributed by atoms with Crippen molar-refractivity contribution in [2.75, 3.05) is 0 Å². The molecule has 0 radical (unpaired) electrons. The Morgan fingerprint density at radius 3 is 2.33 bits per heavy atom. The minimum Gasteiger partial charge on any atom is -0.448 e. The maximum Gasteiger partial charge on any atom is 0.278 e. The Bertz CT molecular complexity index is 1170. The fourth-order valence-electron chi connectivity index (χ4n) is 4.61. The van der Waals surface area contributed by atoms with Gasteiger partial charge in [-0.25, -0.2) is 0 Å². The van der Waals surface area contributed by atoms with E-state index >= 15 is 0 Å². The van der Waals surface area contributed by atoms with Gasteiger partial charge in [0.05, 0.1) is 0 Å². The van der Waals surface area contributed by atoms with Gasteiger partial charge in [0.2, 0.25) is 0 Å². The van der Waals surface area contributed by atoms with E-state index in [4.69, 9.17) is 9.47 Å². The summed E-state index contributed by atoms with van der Waals surface area (Å²) in [6.45, 7) is 0. The predicted molar refractivity (Wildman–Crippen MR) is 106 cm³/mol. The Hall–Kier alpha value is -3.26. The van der Waals surface area contributed by atoms with E-state index in [1.807, 2.05) is 24.3 Å². The molecule has 6 rings (SSSR count). The topological polar surface area (TPSA) is 18.5 Å². The van der Waals surface area contributed by atoms with Crippen LogP contribution >= 0.6 is 0 Å². The first-order chi connectivity index (χ1) is 13.3. The molecular formula is C25H18O2. The van der Waals surface area contributed by atoms with E-state index in [2.05, 4.69) is 66.7 Å². The molecule has 0 unspecified atom stereocenters. The molecule has 130 valence electrons. The summed E-state index contributed by atoms with van der Waals surface area (Å²) < 4.78 is 13.1. The minimum atomic E-state index is -0.782. The summed E-state index contributed by atoms with van der Waals surface area (Å²) in [6.07, 6.45) is 0.773. The Kier molecular flexibility index (Phi) is 2.96. The van der Waals surface area contributed by atoms with Gasteiger partial charge in [0.1, 0.15) is 11.5 Å². The van der Waals surface area contributed by atoms with Gasteiger partial charge in [0, 0.05) is 29.0 Å². The molecule has 0 N–H and O–H groups in total. The predicted octanol–water partition coefficient (Wildman–Crippen LogP) is 6.00. The summed E-state index contributed by atoms with van der Waals surface area (Å²) in [4.78, 5) is 0. The Balaban J connectivity index is 1.67. The zero-order chi connectivity index (χ0) is 17.8. The first kappa shape index (κ1) is 14.9. The third-order valence-corrected chi connectivity index (χ3v) is 5.81. The number of hydrogen-bond donors (Lipinski definition) is 0. The summed E-state index contributed by atoms with van der Waals surface area (Å²) in [5, 5.41) is 2.51. The van der Waals surface area contributed by atoms with Crippen molar-refractivity contribution in [3.63, 3.8) is 0 Å². The van der Waals surface area contributed by atoms with Crippen LogP contribution in [0.2, 0.25) is 0 Å². The normalized spacial score (nSPS) is 22.3. The van der Waals surface area contributed by atoms with E-state index in [1.54, 1.807) is 0 Å². The molecule has 0 fully saturated rings. The second-order valence-electron chi connectivity index (χ2n) is 7.32. The van der Waals surface area contributed by atoms with Gasteiger partial charge in [-0.3, -0.25) is 0 Å². The summed E-state index contributed by atoms with van der Waals surface area (Å²) in [7, 11) is 0. The van der Waals surface area contributed by atoms with Crippen LogP contribution in [0.3, 0.4) is 0 Å². The van der Waals surface area contributed by atoms with Crippen molar-refractivity contribution in [3.8, 4) is 11.5 Å². The van der Waals surface area contributed by atoms with E-state index in [9.17, 15) is 0 Å². The van der Waals surface area contributed by atoms with Crippen molar-refractivity contribution >= 4 is 10.8 Å². The third kappa shape index (κ3) is 2.07. The van der Waals surface area contributed by atoms with Crippen LogP contribution in [0.15, 0.2) is 91.0 Å². The highest BCUT2D eigenvalue weighted by Gasteiger charge is 2.49. The lowest BCUT2D eigenvalue weighted by Crippen LogP contribution is -2.46. The van der Waals surface area contributed by atoms with Gasteiger partial charge in [0.15, 0.2) is 0 Å². The lowest BCUT2D eigenvalue weighted by molar-refractivity contribution is -0.148. The molecule has 27 heavy (non-hydrogen) atoms. The van der Waals surface area contributed by atoms with Crippen molar-refractivity contribution in [1.82, 2.24) is 0 Å². The van der Waals surface area contributed by atoms with Crippen LogP contribution in [0, 0.1) is 0 Å². The van der Waals surface area contributed by atoms with Gasteiger partial charge >= 0.3 is 0 Å². The van der Waals surface area contributed by atoms with Crippen LogP contribution in [0.25, 0.3) is 10.8 Å². The van der Waals surface area contributed by atoms with Crippen LogP contribution in [-0.2, 0) is 5.79 Å². The molecule has 0 spiro atoms. The maximum atomic E-state index is 6.62. The van der Waals surface area contributed by atoms with Gasteiger partial charge in [-0.15, -0.1) is 0 Å². The van der Waals surface area contributed by atoms with Crippen molar-refractivity contribution < 1.29 is 9.47 Å². The number of fused-ring (bicyclic) bond motifs is 8. The maximum absolute atomic E-state index is 6.62. The Morgan fingerprint density at radius 1 is 0.667 bits per heavy atom. The average Bonchev–Trinajstić information content (AvgIpc) is 2.74. The van der Waals surface area contributed by atoms with Crippen LogP contribution in [0.1, 0.15) is 29.0 Å². The molecular weight excluding hydrogens is 332 g/mol. The molecule has 0 saturated heterocycles. The second-order valence-corrected chi connectivity index (χ2v) is 7.32. The SMILES string of the molecule is c1ccc([C@@]23C[C@@H](c4ccccc4O2)c2c(ccc4ccccc24)O3)cc1. The molecule has 2 heterocycles. The summed E-state index contributed by atoms with van der Waals surface area (Å²) in [5.41, 5.74) is 3.57. The minimum absolute atomic E-state index is 0.241. The second kappa shape index (κ2) is 5.37. The number of para-hydroxylation sites is 1. The van der Waals surface area contributed by atoms with E-state index < -0.39 is 5.79 Å². The highest BCUT2D eigenvalue weighted by Crippen LogP contribution is 2.56. The molecule has 2 nitrogen and oxygen atoms in total. The average molecular weight is 350 g/mol. The zero-order valence-corrected chi connectivity index (χ0v) is 14.8. The Morgan fingerprint density at radius 2 is 1.41 bits per heavy atom. The van der Waals surface area contributed by atoms with E-state index in [-0.39, 0.29) is 5.92 Å². The van der Waals surface area contributed by atoms with Gasteiger partial charge < -0.3 is 9.47 Å². The van der Waals surface area contributed by atoms with Crippen LogP contribution in [-0.4, -0.2) is 0 Å². The molecule has 4 aromatic carbocycles. The van der Waals surface area contributed by atoms with Gasteiger partial charge in [-0.2, -0.15) is 0 Å². The molecule has 2 aliphatic rings. The Labute approximate surface area is 158 Å². The van der Waals surface area contributed by atoms with Crippen LogP contribution < -0.4 is 9.47 Å². The fourth-order valence-corrected chi connectivity index (χ4v) is 4.61. The number of rotatable bonds is 1.